The van der Waals surface area contributed by atoms with E-state index in [4.69, 9.17) is 0 Å². The molecular weight excluding hydrogens is 423 g/mol. The number of pyridine rings is 1. The summed E-state index contributed by atoms with van der Waals surface area (Å²) in [6, 6.07) is 4.11. The van der Waals surface area contributed by atoms with Gasteiger partial charge < -0.3 is 20.5 Å². The zero-order chi connectivity index (χ0) is 22.7. The summed E-state index contributed by atoms with van der Waals surface area (Å²) < 4.78 is 70.3. The number of aromatic hydroxyl groups is 1. The smallest absolute Gasteiger partial charge is 0.419 e. The zero-order valence-corrected chi connectivity index (χ0v) is 16.0. The van der Waals surface area contributed by atoms with Gasteiger partial charge in [-0.1, -0.05) is 6.92 Å². The van der Waals surface area contributed by atoms with Crippen LogP contribution in [0.4, 0.5) is 27.6 Å². The maximum Gasteiger partial charge on any atom is 0.419 e. The van der Waals surface area contributed by atoms with Gasteiger partial charge in [-0.2, -0.15) is 13.2 Å². The number of nitrogens with one attached hydrogen (secondary N) is 2. The van der Waals surface area contributed by atoms with Crippen LogP contribution in [0, 0.1) is 11.6 Å². The number of aromatic nitrogens is 1. The van der Waals surface area contributed by atoms with Crippen LogP contribution in [-0.2, 0) is 0 Å². The molecule has 1 aromatic heterocycles. The first-order chi connectivity index (χ1) is 14.4. The molecule has 1 aliphatic rings. The standard InChI is InChI=1S/C21H17F5N2O3/c1-9-8-20(31,21(24,25)26)19(12-6-10(22)7-15(29)17(9)12)27-14-4-3-13(23)18-11(14)2-5-16(30)28-18/h2-7,9,19,27,29,31H,8H2,1H3,(H,28,30)/t9-,19+,20+/m1/s1. The van der Waals surface area contributed by atoms with Crippen molar-refractivity contribution in [2.75, 3.05) is 5.32 Å². The number of aliphatic hydroxyl groups is 1. The molecule has 5 nitrogen and oxygen atoms in total. The van der Waals surface area contributed by atoms with Crippen molar-refractivity contribution >= 4 is 16.6 Å². The van der Waals surface area contributed by atoms with E-state index in [0.29, 0.717) is 0 Å². The maximum absolute atomic E-state index is 14.2. The third kappa shape index (κ3) is 3.31. The van der Waals surface area contributed by atoms with Crippen LogP contribution in [0.25, 0.3) is 10.9 Å². The average molecular weight is 440 g/mol. The van der Waals surface area contributed by atoms with E-state index in [1.807, 2.05) is 0 Å². The first-order valence-electron chi connectivity index (χ1n) is 9.32. The predicted molar refractivity (Wildman–Crippen MR) is 103 cm³/mol. The van der Waals surface area contributed by atoms with Crippen molar-refractivity contribution in [2.24, 2.45) is 0 Å². The monoisotopic (exact) mass is 440 g/mol. The summed E-state index contributed by atoms with van der Waals surface area (Å²) in [4.78, 5) is 13.8. The Bertz CT molecular complexity index is 1240. The lowest BCUT2D eigenvalue weighted by Crippen LogP contribution is -2.55. The maximum atomic E-state index is 14.2. The van der Waals surface area contributed by atoms with Gasteiger partial charge in [0.25, 0.3) is 0 Å². The van der Waals surface area contributed by atoms with Gasteiger partial charge in [-0.3, -0.25) is 4.79 Å². The summed E-state index contributed by atoms with van der Waals surface area (Å²) in [6.07, 6.45) is -5.90. The number of benzene rings is 2. The minimum absolute atomic E-state index is 0.0235. The Kier molecular flexibility index (Phi) is 4.73. The molecular formula is C21H17F5N2O3. The van der Waals surface area contributed by atoms with Crippen LogP contribution in [0.15, 0.2) is 41.2 Å². The Morgan fingerprint density at radius 3 is 2.55 bits per heavy atom. The quantitative estimate of drug-likeness (QED) is 0.443. The number of H-pyrrole nitrogens is 1. The first-order valence-corrected chi connectivity index (χ1v) is 9.32. The zero-order valence-electron chi connectivity index (χ0n) is 16.0. The molecule has 164 valence electrons. The molecule has 1 aliphatic carbocycles. The molecule has 0 saturated heterocycles. The number of anilines is 1. The number of alkyl halides is 3. The van der Waals surface area contributed by atoms with Crippen molar-refractivity contribution in [3.05, 3.63) is 69.5 Å². The minimum Gasteiger partial charge on any atom is -0.508 e. The average Bonchev–Trinajstić information content (AvgIpc) is 2.65. The number of phenols is 1. The van der Waals surface area contributed by atoms with Gasteiger partial charge in [-0.05, 0) is 42.2 Å². The molecule has 0 fully saturated rings. The summed E-state index contributed by atoms with van der Waals surface area (Å²) in [5.74, 6) is -3.23. The summed E-state index contributed by atoms with van der Waals surface area (Å²) in [7, 11) is 0. The fourth-order valence-corrected chi connectivity index (χ4v) is 4.32. The van der Waals surface area contributed by atoms with Crippen LogP contribution >= 0.6 is 0 Å². The normalized spacial score (nSPS) is 23.6. The number of halogens is 5. The second-order valence-corrected chi connectivity index (χ2v) is 7.74. The van der Waals surface area contributed by atoms with Crippen molar-refractivity contribution in [1.82, 2.24) is 4.98 Å². The van der Waals surface area contributed by atoms with Gasteiger partial charge in [0.05, 0.1) is 11.6 Å². The second-order valence-electron chi connectivity index (χ2n) is 7.74. The van der Waals surface area contributed by atoms with Crippen molar-refractivity contribution in [3.63, 3.8) is 0 Å². The highest BCUT2D eigenvalue weighted by molar-refractivity contribution is 5.91. The Morgan fingerprint density at radius 1 is 1.16 bits per heavy atom. The molecule has 2 aromatic carbocycles. The van der Waals surface area contributed by atoms with E-state index in [2.05, 4.69) is 10.3 Å². The van der Waals surface area contributed by atoms with E-state index < -0.39 is 53.1 Å². The minimum atomic E-state index is -5.11. The van der Waals surface area contributed by atoms with E-state index >= 15 is 0 Å². The Balaban J connectivity index is 1.95. The molecule has 0 saturated carbocycles. The molecule has 0 aliphatic heterocycles. The Labute approximate surface area is 172 Å². The van der Waals surface area contributed by atoms with Gasteiger partial charge >= 0.3 is 6.18 Å². The van der Waals surface area contributed by atoms with Gasteiger partial charge in [-0.25, -0.2) is 8.78 Å². The van der Waals surface area contributed by atoms with Crippen LogP contribution in [0.1, 0.15) is 36.4 Å². The Hall–Kier alpha value is -3.14. The van der Waals surface area contributed by atoms with Crippen LogP contribution < -0.4 is 10.9 Å². The fraction of sp³-hybridized carbons (Fsp3) is 0.286. The predicted octanol–water partition coefficient (Wildman–Crippen LogP) is 4.47. The molecule has 1 heterocycles. The van der Waals surface area contributed by atoms with Crippen LogP contribution in [-0.4, -0.2) is 27.0 Å². The number of rotatable bonds is 2. The van der Waals surface area contributed by atoms with Gasteiger partial charge in [-0.15, -0.1) is 0 Å². The highest BCUT2D eigenvalue weighted by Crippen LogP contribution is 2.54. The van der Waals surface area contributed by atoms with Crippen LogP contribution in [0.3, 0.4) is 0 Å². The lowest BCUT2D eigenvalue weighted by Gasteiger charge is -2.45. The SMILES string of the molecule is C[C@@H]1C[C@@](O)(C(F)(F)F)[C@@H](Nc2ccc(F)c3[nH]c(=O)ccc23)c2cc(F)cc(O)c21. The highest BCUT2D eigenvalue weighted by atomic mass is 19.4. The number of fused-ring (bicyclic) bond motifs is 2. The molecule has 10 heteroatoms. The molecule has 0 unspecified atom stereocenters. The molecule has 0 radical (unpaired) electrons. The first kappa shape index (κ1) is 21.1. The number of aromatic amines is 1. The van der Waals surface area contributed by atoms with Crippen molar-refractivity contribution < 1.29 is 32.2 Å². The summed E-state index contributed by atoms with van der Waals surface area (Å²) >= 11 is 0. The molecule has 0 amide bonds. The van der Waals surface area contributed by atoms with E-state index in [0.717, 1.165) is 30.3 Å². The topological polar surface area (TPSA) is 85.4 Å². The number of hydrogen-bond acceptors (Lipinski definition) is 4. The molecule has 3 aromatic rings. The summed E-state index contributed by atoms with van der Waals surface area (Å²) in [5, 5.41) is 23.6. The molecule has 4 rings (SSSR count). The number of phenolic OH excluding ortho intramolecular Hbond substituents is 1. The third-order valence-electron chi connectivity index (χ3n) is 5.69. The van der Waals surface area contributed by atoms with Crippen molar-refractivity contribution in [1.29, 1.82) is 0 Å². The highest BCUT2D eigenvalue weighted by Gasteiger charge is 2.62. The molecule has 4 N–H and O–H groups in total. The van der Waals surface area contributed by atoms with E-state index in [1.54, 1.807) is 0 Å². The van der Waals surface area contributed by atoms with Crippen LogP contribution in [0.5, 0.6) is 5.75 Å². The molecule has 3 atom stereocenters. The van der Waals surface area contributed by atoms with Crippen molar-refractivity contribution in [3.8, 4) is 5.75 Å². The largest absolute Gasteiger partial charge is 0.508 e. The van der Waals surface area contributed by atoms with E-state index in [1.165, 1.54) is 13.0 Å². The second kappa shape index (κ2) is 6.94. The van der Waals surface area contributed by atoms with Crippen molar-refractivity contribution in [2.45, 2.75) is 37.1 Å². The molecule has 0 spiro atoms. The van der Waals surface area contributed by atoms with Gasteiger partial charge in [0.2, 0.25) is 5.56 Å². The lowest BCUT2D eigenvalue weighted by molar-refractivity contribution is -0.272. The summed E-state index contributed by atoms with van der Waals surface area (Å²) in [6.45, 7) is 1.39. The van der Waals surface area contributed by atoms with Crippen LogP contribution in [0.2, 0.25) is 0 Å². The summed E-state index contributed by atoms with van der Waals surface area (Å²) in [5.41, 5.74) is -4.38. The molecule has 0 bridgehead atoms. The lowest BCUT2D eigenvalue weighted by atomic mass is 9.70. The molecule has 31 heavy (non-hydrogen) atoms. The third-order valence-corrected chi connectivity index (χ3v) is 5.69. The van der Waals surface area contributed by atoms with Gasteiger partial charge in [0.1, 0.15) is 17.4 Å². The van der Waals surface area contributed by atoms with Gasteiger partial charge in [0.15, 0.2) is 5.60 Å². The number of hydrogen-bond donors (Lipinski definition) is 4. The van der Waals surface area contributed by atoms with E-state index in [9.17, 15) is 37.0 Å². The Morgan fingerprint density at radius 2 is 1.87 bits per heavy atom. The van der Waals surface area contributed by atoms with E-state index in [-0.39, 0.29) is 27.7 Å². The fourth-order valence-electron chi connectivity index (χ4n) is 4.32. The van der Waals surface area contributed by atoms with Gasteiger partial charge in [0, 0.05) is 28.8 Å².